The molecule has 20 heavy (non-hydrogen) atoms. The van der Waals surface area contributed by atoms with Crippen molar-refractivity contribution in [3.8, 4) is 0 Å². The van der Waals surface area contributed by atoms with Crippen LogP contribution in [0.2, 0.25) is 0 Å². The highest BCUT2D eigenvalue weighted by atomic mass is 32.2. The van der Waals surface area contributed by atoms with Crippen molar-refractivity contribution in [2.45, 2.75) is 38.0 Å². The number of carbonyl (C=O) groups excluding carboxylic acids is 2. The topological polar surface area (TPSA) is 98.7 Å². The van der Waals surface area contributed by atoms with E-state index in [-0.39, 0.29) is 22.9 Å². The number of carboxylic acids is 1. The summed E-state index contributed by atoms with van der Waals surface area (Å²) in [5.41, 5.74) is 5.41. The molecule has 2 heterocycles. The fourth-order valence-corrected chi connectivity index (χ4v) is 3.63. The number of allylic oxidation sites excluding steroid dienone is 1. The number of unbranched alkanes of at least 4 members (excludes halogenated alkanes) is 1. The Hall–Kier alpha value is -1.54. The second-order valence-corrected chi connectivity index (χ2v) is 5.96. The number of nitrogens with zero attached hydrogens (tertiary/aromatic N) is 1. The minimum atomic E-state index is -1.03. The molecule has 1 atom stereocenters. The lowest BCUT2D eigenvalue weighted by atomic mass is 10.1. The second kappa shape index (κ2) is 6.27. The molecule has 2 rings (SSSR count). The Labute approximate surface area is 120 Å². The minimum absolute atomic E-state index is 0.0129. The fraction of sp³-hybridized carbons (Fsp3) is 0.583. The number of aliphatic carboxylic acids is 1. The second-order valence-electron chi connectivity index (χ2n) is 4.68. The number of β-lactam (4-membered cyclic amide) rings is 1. The smallest absolute Gasteiger partial charge is 0.353 e. The number of hydrazine groups is 1. The van der Waals surface area contributed by atoms with Gasteiger partial charge < -0.3 is 5.11 Å². The van der Waals surface area contributed by atoms with E-state index in [4.69, 9.17) is 0 Å². The summed E-state index contributed by atoms with van der Waals surface area (Å²) in [6.45, 7) is 2.05. The molecular formula is C12H17N3O4S. The van der Waals surface area contributed by atoms with Gasteiger partial charge in [-0.3, -0.25) is 19.9 Å². The summed E-state index contributed by atoms with van der Waals surface area (Å²) in [6, 6.07) is 0. The van der Waals surface area contributed by atoms with Crippen LogP contribution >= 0.6 is 11.8 Å². The average molecular weight is 299 g/mol. The molecule has 0 saturated carbocycles. The number of thioether (sulfide) groups is 1. The van der Waals surface area contributed by atoms with Crippen molar-refractivity contribution in [3.63, 3.8) is 0 Å². The van der Waals surface area contributed by atoms with Crippen LogP contribution in [0.3, 0.4) is 0 Å². The van der Waals surface area contributed by atoms with Gasteiger partial charge in [0.2, 0.25) is 11.8 Å². The molecule has 2 amide bonds. The zero-order valence-electron chi connectivity index (χ0n) is 11.1. The van der Waals surface area contributed by atoms with E-state index < -0.39 is 5.97 Å². The van der Waals surface area contributed by atoms with Crippen molar-refractivity contribution in [2.75, 3.05) is 6.54 Å². The van der Waals surface area contributed by atoms with E-state index >= 15 is 0 Å². The number of carbonyl (C=O) groups is 3. The van der Waals surface area contributed by atoms with Gasteiger partial charge in [0.1, 0.15) is 5.70 Å². The van der Waals surface area contributed by atoms with Gasteiger partial charge in [0.15, 0.2) is 0 Å². The molecule has 2 aliphatic rings. The molecule has 0 aromatic heterocycles. The summed E-state index contributed by atoms with van der Waals surface area (Å²) in [5, 5.41) is 9.19. The maximum Gasteiger partial charge on any atom is 0.353 e. The molecule has 0 aliphatic carbocycles. The molecule has 0 spiro atoms. The van der Waals surface area contributed by atoms with Crippen molar-refractivity contribution < 1.29 is 19.5 Å². The lowest BCUT2D eigenvalue weighted by Gasteiger charge is -2.33. The zero-order chi connectivity index (χ0) is 14.7. The Balaban J connectivity index is 1.79. The van der Waals surface area contributed by atoms with Gasteiger partial charge in [-0.1, -0.05) is 0 Å². The molecule has 110 valence electrons. The molecule has 0 aromatic rings. The Morgan fingerprint density at radius 2 is 2.20 bits per heavy atom. The lowest BCUT2D eigenvalue weighted by molar-refractivity contribution is -0.145. The van der Waals surface area contributed by atoms with Crippen LogP contribution in [0.25, 0.3) is 0 Å². The van der Waals surface area contributed by atoms with E-state index in [1.165, 1.54) is 23.6 Å². The van der Waals surface area contributed by atoms with Crippen LogP contribution in [0.1, 0.15) is 32.6 Å². The van der Waals surface area contributed by atoms with Crippen LogP contribution in [-0.2, 0) is 14.4 Å². The predicted molar refractivity (Wildman–Crippen MR) is 73.2 cm³/mol. The number of amides is 2. The predicted octanol–water partition coefficient (Wildman–Crippen LogP) is 0.399. The average Bonchev–Trinajstić information content (AvgIpc) is 2.66. The van der Waals surface area contributed by atoms with Crippen LogP contribution in [0, 0.1) is 0 Å². The number of fused-ring (bicyclic) bond motifs is 1. The Kier molecular flexibility index (Phi) is 4.66. The fourth-order valence-electron chi connectivity index (χ4n) is 2.19. The van der Waals surface area contributed by atoms with E-state index in [9.17, 15) is 19.5 Å². The van der Waals surface area contributed by atoms with Crippen LogP contribution in [-0.4, -0.2) is 39.7 Å². The highest BCUT2D eigenvalue weighted by molar-refractivity contribution is 8.04. The molecule has 0 unspecified atom stereocenters. The largest absolute Gasteiger partial charge is 0.477 e. The van der Waals surface area contributed by atoms with Gasteiger partial charge in [-0.05, 0) is 19.3 Å². The molecule has 2 aliphatic heterocycles. The SMILES string of the molecule is CC(=O)NNCCCCC1=C(C(=O)O)N2C(=O)C[C@@H]2S1. The summed E-state index contributed by atoms with van der Waals surface area (Å²) in [4.78, 5) is 35.4. The summed E-state index contributed by atoms with van der Waals surface area (Å²) in [7, 11) is 0. The van der Waals surface area contributed by atoms with E-state index in [1.807, 2.05) is 0 Å². The highest BCUT2D eigenvalue weighted by Gasteiger charge is 2.47. The van der Waals surface area contributed by atoms with E-state index in [1.54, 1.807) is 0 Å². The van der Waals surface area contributed by atoms with Crippen molar-refractivity contribution in [1.82, 2.24) is 15.8 Å². The molecule has 1 fully saturated rings. The number of hydrogen-bond donors (Lipinski definition) is 3. The number of carboxylic acid groups (broad SMARTS) is 1. The molecule has 8 heteroatoms. The summed E-state index contributed by atoms with van der Waals surface area (Å²) in [6.07, 6.45) is 2.69. The molecule has 1 saturated heterocycles. The van der Waals surface area contributed by atoms with Crippen LogP contribution < -0.4 is 10.9 Å². The van der Waals surface area contributed by atoms with Gasteiger partial charge in [0, 0.05) is 18.4 Å². The summed E-state index contributed by atoms with van der Waals surface area (Å²) < 4.78 is 0. The van der Waals surface area contributed by atoms with Gasteiger partial charge >= 0.3 is 5.97 Å². The van der Waals surface area contributed by atoms with Crippen LogP contribution in [0.15, 0.2) is 10.6 Å². The first kappa shape index (κ1) is 14.9. The monoisotopic (exact) mass is 299 g/mol. The Morgan fingerprint density at radius 3 is 2.80 bits per heavy atom. The van der Waals surface area contributed by atoms with Crippen molar-refractivity contribution in [2.24, 2.45) is 0 Å². The van der Waals surface area contributed by atoms with E-state index in [0.29, 0.717) is 19.4 Å². The minimum Gasteiger partial charge on any atom is -0.477 e. The lowest BCUT2D eigenvalue weighted by Crippen LogP contribution is -2.48. The molecule has 0 bridgehead atoms. The van der Waals surface area contributed by atoms with Crippen LogP contribution in [0.5, 0.6) is 0 Å². The van der Waals surface area contributed by atoms with Gasteiger partial charge in [0.05, 0.1) is 11.8 Å². The van der Waals surface area contributed by atoms with Gasteiger partial charge in [-0.15, -0.1) is 11.8 Å². The Bertz CT molecular complexity index is 477. The summed E-state index contributed by atoms with van der Waals surface area (Å²) in [5.74, 6) is -1.28. The maximum absolute atomic E-state index is 11.4. The Morgan fingerprint density at radius 1 is 1.45 bits per heavy atom. The molecule has 0 aromatic carbocycles. The molecule has 3 N–H and O–H groups in total. The number of nitrogens with one attached hydrogen (secondary N) is 2. The summed E-state index contributed by atoms with van der Waals surface area (Å²) >= 11 is 1.48. The first-order chi connectivity index (χ1) is 9.50. The zero-order valence-corrected chi connectivity index (χ0v) is 12.0. The number of hydrogen-bond acceptors (Lipinski definition) is 5. The quantitative estimate of drug-likeness (QED) is 0.357. The normalized spacial score (nSPS) is 20.8. The highest BCUT2D eigenvalue weighted by Crippen LogP contribution is 2.47. The van der Waals surface area contributed by atoms with Crippen molar-refractivity contribution in [3.05, 3.63) is 10.6 Å². The van der Waals surface area contributed by atoms with E-state index in [0.717, 1.165) is 17.7 Å². The standard InChI is InChI=1S/C12H17N3O4S/c1-7(16)14-13-5-3-2-4-8-11(12(18)19)15-9(17)6-10(15)20-8/h10,13H,2-6H2,1H3,(H,14,16)(H,18,19)/t10-/m0/s1. The van der Waals surface area contributed by atoms with Crippen LogP contribution in [0.4, 0.5) is 0 Å². The van der Waals surface area contributed by atoms with Gasteiger partial charge in [0.25, 0.3) is 0 Å². The first-order valence-corrected chi connectivity index (χ1v) is 7.33. The third-order valence-corrected chi connectivity index (χ3v) is 4.44. The third kappa shape index (κ3) is 3.13. The van der Waals surface area contributed by atoms with Crippen molar-refractivity contribution >= 4 is 29.5 Å². The van der Waals surface area contributed by atoms with Crippen molar-refractivity contribution in [1.29, 1.82) is 0 Å². The molecule has 0 radical (unpaired) electrons. The van der Waals surface area contributed by atoms with E-state index in [2.05, 4.69) is 10.9 Å². The first-order valence-electron chi connectivity index (χ1n) is 6.45. The third-order valence-electron chi connectivity index (χ3n) is 3.11. The number of rotatable bonds is 7. The molecular weight excluding hydrogens is 282 g/mol. The molecule has 7 nitrogen and oxygen atoms in total. The van der Waals surface area contributed by atoms with Gasteiger partial charge in [-0.2, -0.15) is 0 Å². The van der Waals surface area contributed by atoms with Gasteiger partial charge in [-0.25, -0.2) is 10.2 Å². The maximum atomic E-state index is 11.4.